The van der Waals surface area contributed by atoms with E-state index < -0.39 is 0 Å². The lowest BCUT2D eigenvalue weighted by molar-refractivity contribution is 0.119. The molecule has 0 aromatic carbocycles. The fraction of sp³-hybridized carbons (Fsp3) is 1.00. The molecule has 0 aliphatic carbocycles. The maximum atomic E-state index is 8.44. The van der Waals surface area contributed by atoms with Crippen LogP contribution in [0.5, 0.6) is 0 Å². The number of hydrogen-bond acceptors (Lipinski definition) is 3. The Balaban J connectivity index is 2.18. The van der Waals surface area contributed by atoms with Crippen LogP contribution < -0.4 is 5.48 Å². The third-order valence-corrected chi connectivity index (χ3v) is 2.10. The molecule has 10 heavy (non-hydrogen) atoms. The topological polar surface area (TPSA) is 35.5 Å². The summed E-state index contributed by atoms with van der Waals surface area (Å²) in [6.45, 7) is 3.07. The van der Waals surface area contributed by atoms with Crippen molar-refractivity contribution in [1.82, 2.24) is 10.4 Å². The van der Waals surface area contributed by atoms with Crippen molar-refractivity contribution in [2.75, 3.05) is 26.7 Å². The molecular weight excluding hydrogens is 128 g/mol. The molecule has 1 aliphatic heterocycles. The van der Waals surface area contributed by atoms with Crippen LogP contribution in [0.3, 0.4) is 0 Å². The summed E-state index contributed by atoms with van der Waals surface area (Å²) >= 11 is 0. The maximum Gasteiger partial charge on any atom is 0.0248 e. The predicted molar refractivity (Wildman–Crippen MR) is 40.0 cm³/mol. The van der Waals surface area contributed by atoms with Crippen LogP contribution in [0.2, 0.25) is 0 Å². The SMILES string of the molecule is CN1CCCC(CNO)C1. The average Bonchev–Trinajstić information content (AvgIpc) is 1.88. The summed E-state index contributed by atoms with van der Waals surface area (Å²) < 4.78 is 0. The van der Waals surface area contributed by atoms with Crippen LogP contribution in [0.1, 0.15) is 12.8 Å². The van der Waals surface area contributed by atoms with Crippen molar-refractivity contribution in [3.8, 4) is 0 Å². The van der Waals surface area contributed by atoms with E-state index >= 15 is 0 Å². The zero-order chi connectivity index (χ0) is 7.40. The number of rotatable bonds is 2. The number of likely N-dealkylation sites (tertiary alicyclic amines) is 1. The first-order valence-electron chi connectivity index (χ1n) is 3.88. The number of nitrogens with zero attached hydrogens (tertiary/aromatic N) is 1. The van der Waals surface area contributed by atoms with Gasteiger partial charge in [0.1, 0.15) is 0 Å². The summed E-state index contributed by atoms with van der Waals surface area (Å²) in [6.07, 6.45) is 2.51. The Hall–Kier alpha value is -0.120. The van der Waals surface area contributed by atoms with E-state index in [1.165, 1.54) is 19.4 Å². The molecule has 0 bridgehead atoms. The van der Waals surface area contributed by atoms with Crippen molar-refractivity contribution in [3.05, 3.63) is 0 Å². The zero-order valence-corrected chi connectivity index (χ0v) is 6.51. The van der Waals surface area contributed by atoms with Gasteiger partial charge in [-0.2, -0.15) is 0 Å². The molecule has 0 spiro atoms. The van der Waals surface area contributed by atoms with Gasteiger partial charge in [0.2, 0.25) is 0 Å². The Labute approximate surface area is 62.0 Å². The molecule has 0 aromatic heterocycles. The highest BCUT2D eigenvalue weighted by Crippen LogP contribution is 2.13. The highest BCUT2D eigenvalue weighted by Gasteiger charge is 2.15. The summed E-state index contributed by atoms with van der Waals surface area (Å²) in [5.74, 6) is 0.642. The van der Waals surface area contributed by atoms with Crippen LogP contribution in [-0.4, -0.2) is 36.8 Å². The minimum Gasteiger partial charge on any atom is -0.317 e. The van der Waals surface area contributed by atoms with E-state index in [0.29, 0.717) is 5.92 Å². The molecule has 1 fully saturated rings. The van der Waals surface area contributed by atoms with Gasteiger partial charge in [-0.1, -0.05) is 0 Å². The molecule has 3 nitrogen and oxygen atoms in total. The lowest BCUT2D eigenvalue weighted by Gasteiger charge is -2.28. The van der Waals surface area contributed by atoms with Crippen LogP contribution in [0, 0.1) is 5.92 Å². The number of nitrogens with one attached hydrogen (secondary N) is 1. The van der Waals surface area contributed by atoms with Gasteiger partial charge in [-0.05, 0) is 32.4 Å². The van der Waals surface area contributed by atoms with Gasteiger partial charge in [-0.15, -0.1) is 0 Å². The van der Waals surface area contributed by atoms with Crippen molar-refractivity contribution in [3.63, 3.8) is 0 Å². The molecule has 1 aliphatic rings. The molecule has 1 saturated heterocycles. The van der Waals surface area contributed by atoms with Gasteiger partial charge in [0, 0.05) is 13.1 Å². The monoisotopic (exact) mass is 144 g/mol. The molecule has 0 radical (unpaired) electrons. The van der Waals surface area contributed by atoms with Gasteiger partial charge >= 0.3 is 0 Å². The Morgan fingerprint density at radius 2 is 2.50 bits per heavy atom. The van der Waals surface area contributed by atoms with E-state index in [1.54, 1.807) is 0 Å². The first-order chi connectivity index (χ1) is 4.83. The molecule has 3 heteroatoms. The molecule has 0 saturated carbocycles. The number of hydrogen-bond donors (Lipinski definition) is 2. The molecule has 1 unspecified atom stereocenters. The van der Waals surface area contributed by atoms with E-state index in [-0.39, 0.29) is 0 Å². The predicted octanol–water partition coefficient (Wildman–Crippen LogP) is 0.307. The van der Waals surface area contributed by atoms with Crippen LogP contribution in [0.25, 0.3) is 0 Å². The molecule has 1 heterocycles. The molecule has 1 rings (SSSR count). The highest BCUT2D eigenvalue weighted by molar-refractivity contribution is 4.70. The summed E-state index contributed by atoms with van der Waals surface area (Å²) in [5.41, 5.74) is 2.23. The van der Waals surface area contributed by atoms with Gasteiger partial charge in [0.05, 0.1) is 0 Å². The molecule has 2 N–H and O–H groups in total. The van der Waals surface area contributed by atoms with Crippen molar-refractivity contribution >= 4 is 0 Å². The Morgan fingerprint density at radius 1 is 1.70 bits per heavy atom. The van der Waals surface area contributed by atoms with Gasteiger partial charge in [0.25, 0.3) is 0 Å². The Bertz CT molecular complexity index is 95.6. The fourth-order valence-electron chi connectivity index (χ4n) is 1.57. The standard InChI is InChI=1S/C7H16N2O/c1-9-4-2-3-7(6-9)5-8-10/h7-8,10H,2-6H2,1H3. The molecular formula is C7H16N2O. The fourth-order valence-corrected chi connectivity index (χ4v) is 1.57. The lowest BCUT2D eigenvalue weighted by atomic mass is 9.99. The van der Waals surface area contributed by atoms with Crippen molar-refractivity contribution in [1.29, 1.82) is 0 Å². The summed E-state index contributed by atoms with van der Waals surface area (Å²) in [7, 11) is 2.13. The first-order valence-corrected chi connectivity index (χ1v) is 3.88. The van der Waals surface area contributed by atoms with Crippen LogP contribution in [0.4, 0.5) is 0 Å². The van der Waals surface area contributed by atoms with Gasteiger partial charge in [-0.25, -0.2) is 5.48 Å². The second-order valence-corrected chi connectivity index (χ2v) is 3.13. The van der Waals surface area contributed by atoms with E-state index in [9.17, 15) is 0 Å². The quantitative estimate of drug-likeness (QED) is 0.547. The highest BCUT2D eigenvalue weighted by atomic mass is 16.5. The summed E-state index contributed by atoms with van der Waals surface area (Å²) in [4.78, 5) is 2.31. The molecule has 0 amide bonds. The van der Waals surface area contributed by atoms with Crippen molar-refractivity contribution in [2.45, 2.75) is 12.8 Å². The van der Waals surface area contributed by atoms with Crippen molar-refractivity contribution < 1.29 is 5.21 Å². The summed E-state index contributed by atoms with van der Waals surface area (Å²) in [6, 6.07) is 0. The number of piperidine rings is 1. The smallest absolute Gasteiger partial charge is 0.0248 e. The molecule has 1 atom stereocenters. The van der Waals surface area contributed by atoms with Gasteiger partial charge < -0.3 is 10.1 Å². The molecule has 0 aromatic rings. The summed E-state index contributed by atoms with van der Waals surface area (Å²) in [5, 5.41) is 8.44. The van der Waals surface area contributed by atoms with Gasteiger partial charge in [-0.3, -0.25) is 0 Å². The second kappa shape index (κ2) is 3.91. The zero-order valence-electron chi connectivity index (χ0n) is 6.51. The van der Waals surface area contributed by atoms with Crippen molar-refractivity contribution in [2.24, 2.45) is 5.92 Å². The minimum absolute atomic E-state index is 0.642. The minimum atomic E-state index is 0.642. The third kappa shape index (κ3) is 2.25. The Morgan fingerprint density at radius 3 is 3.10 bits per heavy atom. The van der Waals surface area contributed by atoms with E-state index in [0.717, 1.165) is 13.1 Å². The molecule has 60 valence electrons. The third-order valence-electron chi connectivity index (χ3n) is 2.10. The van der Waals surface area contributed by atoms with E-state index in [2.05, 4.69) is 17.4 Å². The van der Waals surface area contributed by atoms with Crippen LogP contribution >= 0.6 is 0 Å². The normalized spacial score (nSPS) is 28.8. The lowest BCUT2D eigenvalue weighted by Crippen LogP contribution is -2.36. The number of hydroxylamine groups is 1. The maximum absolute atomic E-state index is 8.44. The van der Waals surface area contributed by atoms with E-state index in [4.69, 9.17) is 5.21 Å². The van der Waals surface area contributed by atoms with Crippen LogP contribution in [0.15, 0.2) is 0 Å². The van der Waals surface area contributed by atoms with Gasteiger partial charge in [0.15, 0.2) is 0 Å². The first kappa shape index (κ1) is 7.98. The second-order valence-electron chi connectivity index (χ2n) is 3.13. The average molecular weight is 144 g/mol. The van der Waals surface area contributed by atoms with Crippen LogP contribution in [-0.2, 0) is 0 Å². The largest absolute Gasteiger partial charge is 0.317 e. The Kier molecular flexibility index (Phi) is 3.12. The van der Waals surface area contributed by atoms with E-state index in [1.807, 2.05) is 0 Å².